The lowest BCUT2D eigenvalue weighted by Crippen LogP contribution is -2.41. The Morgan fingerprint density at radius 3 is 2.48 bits per heavy atom. The fourth-order valence-electron chi connectivity index (χ4n) is 2.76. The summed E-state index contributed by atoms with van der Waals surface area (Å²) < 4.78 is 0.818. The lowest BCUT2D eigenvalue weighted by molar-refractivity contribution is -0.122. The Morgan fingerprint density at radius 1 is 1.12 bits per heavy atom. The molecule has 25 heavy (non-hydrogen) atoms. The number of carbonyl (C=O) groups excluding carboxylic acids is 2. The molecule has 2 amide bonds. The van der Waals surface area contributed by atoms with Gasteiger partial charge in [0.25, 0.3) is 0 Å². The SMILES string of the molecule is Cc1ccc(NC(=O)C[C@H]2Nc3cc(C)c(C)cc3NC2=O)c(Br)c1. The van der Waals surface area contributed by atoms with Crippen molar-refractivity contribution >= 4 is 44.8 Å². The predicted molar refractivity (Wildman–Crippen MR) is 104 cm³/mol. The van der Waals surface area contributed by atoms with E-state index >= 15 is 0 Å². The van der Waals surface area contributed by atoms with Gasteiger partial charge in [-0.15, -0.1) is 0 Å². The second kappa shape index (κ2) is 6.88. The summed E-state index contributed by atoms with van der Waals surface area (Å²) in [5.74, 6) is -0.418. The number of benzene rings is 2. The Bertz CT molecular complexity index is 864. The number of aryl methyl sites for hydroxylation is 3. The molecule has 0 spiro atoms. The number of amides is 2. The molecule has 0 bridgehead atoms. The highest BCUT2D eigenvalue weighted by atomic mass is 79.9. The molecular weight excluding hydrogens is 382 g/mol. The molecule has 1 aliphatic rings. The predicted octanol–water partition coefficient (Wildman–Crippen LogP) is 4.14. The first-order valence-electron chi connectivity index (χ1n) is 8.08. The van der Waals surface area contributed by atoms with E-state index in [2.05, 4.69) is 31.9 Å². The van der Waals surface area contributed by atoms with Crippen LogP contribution in [0.25, 0.3) is 0 Å². The minimum absolute atomic E-state index is 0.0541. The van der Waals surface area contributed by atoms with Gasteiger partial charge < -0.3 is 16.0 Å². The van der Waals surface area contributed by atoms with Crippen LogP contribution < -0.4 is 16.0 Å². The van der Waals surface area contributed by atoms with E-state index in [1.54, 1.807) is 0 Å². The highest BCUT2D eigenvalue weighted by Crippen LogP contribution is 2.30. The highest BCUT2D eigenvalue weighted by molar-refractivity contribution is 9.10. The smallest absolute Gasteiger partial charge is 0.247 e. The van der Waals surface area contributed by atoms with Gasteiger partial charge in [-0.05, 0) is 77.7 Å². The van der Waals surface area contributed by atoms with Crippen molar-refractivity contribution < 1.29 is 9.59 Å². The van der Waals surface area contributed by atoms with Gasteiger partial charge in [-0.25, -0.2) is 0 Å². The summed E-state index contributed by atoms with van der Waals surface area (Å²) in [6.45, 7) is 6.00. The Labute approximate surface area is 155 Å². The number of nitrogens with one attached hydrogen (secondary N) is 3. The summed E-state index contributed by atoms with van der Waals surface area (Å²) in [6, 6.07) is 9.03. The fourth-order valence-corrected chi connectivity index (χ4v) is 3.36. The van der Waals surface area contributed by atoms with Crippen LogP contribution in [0, 0.1) is 20.8 Å². The van der Waals surface area contributed by atoms with Crippen LogP contribution in [0.4, 0.5) is 17.1 Å². The van der Waals surface area contributed by atoms with Gasteiger partial charge in [0, 0.05) is 4.47 Å². The zero-order valence-corrected chi connectivity index (χ0v) is 16.0. The van der Waals surface area contributed by atoms with Gasteiger partial charge in [-0.1, -0.05) is 6.07 Å². The molecule has 1 atom stereocenters. The summed E-state index contributed by atoms with van der Waals surface area (Å²) in [6.07, 6.45) is 0.0541. The standard InChI is InChI=1S/C19H20BrN3O2/c1-10-4-5-14(13(20)6-10)22-18(24)9-17-19(25)23-16-8-12(3)11(2)7-15(16)21-17/h4-8,17,21H,9H2,1-3H3,(H,22,24)(H,23,25)/t17-/m1/s1. The number of hydrogen-bond donors (Lipinski definition) is 3. The molecule has 2 aromatic rings. The summed E-state index contributed by atoms with van der Waals surface area (Å²) in [7, 11) is 0. The summed E-state index contributed by atoms with van der Waals surface area (Å²) >= 11 is 3.44. The van der Waals surface area contributed by atoms with Gasteiger partial charge in [-0.3, -0.25) is 9.59 Å². The fraction of sp³-hybridized carbons (Fsp3) is 0.263. The molecule has 2 aromatic carbocycles. The molecule has 1 heterocycles. The lowest BCUT2D eigenvalue weighted by Gasteiger charge is -2.27. The van der Waals surface area contributed by atoms with Crippen molar-refractivity contribution in [2.75, 3.05) is 16.0 Å². The third kappa shape index (κ3) is 3.85. The zero-order chi connectivity index (χ0) is 18.1. The van der Waals surface area contributed by atoms with Gasteiger partial charge in [0.1, 0.15) is 6.04 Å². The van der Waals surface area contributed by atoms with Crippen molar-refractivity contribution in [1.29, 1.82) is 0 Å². The van der Waals surface area contributed by atoms with E-state index in [4.69, 9.17) is 0 Å². The van der Waals surface area contributed by atoms with E-state index in [1.807, 2.05) is 51.1 Å². The van der Waals surface area contributed by atoms with Gasteiger partial charge in [0.2, 0.25) is 11.8 Å². The molecular formula is C19H20BrN3O2. The molecule has 0 saturated carbocycles. The maximum absolute atomic E-state index is 12.3. The van der Waals surface area contributed by atoms with E-state index in [1.165, 1.54) is 0 Å². The lowest BCUT2D eigenvalue weighted by atomic mass is 10.0. The van der Waals surface area contributed by atoms with Gasteiger partial charge >= 0.3 is 0 Å². The van der Waals surface area contributed by atoms with Gasteiger partial charge in [-0.2, -0.15) is 0 Å². The first-order chi connectivity index (χ1) is 11.8. The molecule has 0 aliphatic carbocycles. The Morgan fingerprint density at radius 2 is 1.80 bits per heavy atom. The topological polar surface area (TPSA) is 70.2 Å². The molecule has 1 aliphatic heterocycles. The first kappa shape index (κ1) is 17.5. The molecule has 0 aromatic heterocycles. The van der Waals surface area contributed by atoms with Crippen LogP contribution in [0.3, 0.4) is 0 Å². The minimum atomic E-state index is -0.598. The first-order valence-corrected chi connectivity index (χ1v) is 8.87. The van der Waals surface area contributed by atoms with E-state index in [9.17, 15) is 9.59 Å². The quantitative estimate of drug-likeness (QED) is 0.723. The number of halogens is 1. The van der Waals surface area contributed by atoms with Crippen molar-refractivity contribution in [3.8, 4) is 0 Å². The van der Waals surface area contributed by atoms with E-state index in [-0.39, 0.29) is 18.2 Å². The highest BCUT2D eigenvalue weighted by Gasteiger charge is 2.28. The van der Waals surface area contributed by atoms with Crippen LogP contribution in [-0.2, 0) is 9.59 Å². The average molecular weight is 402 g/mol. The largest absolute Gasteiger partial charge is 0.372 e. The number of carbonyl (C=O) groups is 2. The summed E-state index contributed by atoms with van der Waals surface area (Å²) in [4.78, 5) is 24.6. The van der Waals surface area contributed by atoms with Crippen LogP contribution in [0.1, 0.15) is 23.1 Å². The molecule has 0 radical (unpaired) electrons. The normalized spacial score (nSPS) is 15.8. The van der Waals surface area contributed by atoms with E-state index in [0.29, 0.717) is 5.69 Å². The van der Waals surface area contributed by atoms with Crippen molar-refractivity contribution in [3.63, 3.8) is 0 Å². The van der Waals surface area contributed by atoms with Crippen molar-refractivity contribution in [2.24, 2.45) is 0 Å². The van der Waals surface area contributed by atoms with Crippen LogP contribution in [0.2, 0.25) is 0 Å². The van der Waals surface area contributed by atoms with Crippen molar-refractivity contribution in [2.45, 2.75) is 33.2 Å². The van der Waals surface area contributed by atoms with E-state index in [0.717, 1.165) is 32.5 Å². The molecule has 6 heteroatoms. The third-order valence-corrected chi connectivity index (χ3v) is 4.98. The molecule has 0 unspecified atom stereocenters. The Kier molecular flexibility index (Phi) is 4.81. The van der Waals surface area contributed by atoms with Gasteiger partial charge in [0.05, 0.1) is 23.5 Å². The molecule has 130 valence electrons. The van der Waals surface area contributed by atoms with Crippen molar-refractivity contribution in [1.82, 2.24) is 0 Å². The average Bonchev–Trinajstić information content (AvgIpc) is 2.53. The number of rotatable bonds is 3. The molecule has 0 saturated heterocycles. The second-order valence-electron chi connectivity index (χ2n) is 6.40. The maximum Gasteiger partial charge on any atom is 0.247 e. The summed E-state index contributed by atoms with van der Waals surface area (Å²) in [5.41, 5.74) is 5.64. The van der Waals surface area contributed by atoms with E-state index < -0.39 is 6.04 Å². The second-order valence-corrected chi connectivity index (χ2v) is 7.26. The van der Waals surface area contributed by atoms with Crippen molar-refractivity contribution in [3.05, 3.63) is 51.5 Å². The third-order valence-electron chi connectivity index (χ3n) is 4.33. The number of fused-ring (bicyclic) bond motifs is 1. The van der Waals surface area contributed by atoms with Gasteiger partial charge in [0.15, 0.2) is 0 Å². The molecule has 0 fully saturated rings. The molecule has 5 nitrogen and oxygen atoms in total. The Hall–Kier alpha value is -2.34. The number of anilines is 3. The maximum atomic E-state index is 12.3. The molecule has 3 rings (SSSR count). The van der Waals surface area contributed by atoms with Crippen LogP contribution in [0.5, 0.6) is 0 Å². The molecule has 3 N–H and O–H groups in total. The minimum Gasteiger partial charge on any atom is -0.372 e. The van der Waals surface area contributed by atoms with Crippen LogP contribution >= 0.6 is 15.9 Å². The van der Waals surface area contributed by atoms with Crippen LogP contribution in [-0.4, -0.2) is 17.9 Å². The Balaban J connectivity index is 1.71. The zero-order valence-electron chi connectivity index (χ0n) is 14.4. The summed E-state index contributed by atoms with van der Waals surface area (Å²) in [5, 5.41) is 8.89. The monoisotopic (exact) mass is 401 g/mol. The van der Waals surface area contributed by atoms with Crippen LogP contribution in [0.15, 0.2) is 34.8 Å². The number of hydrogen-bond acceptors (Lipinski definition) is 3.